The summed E-state index contributed by atoms with van der Waals surface area (Å²) in [5.74, 6) is -2.02. The number of fused-ring (bicyclic) bond motifs is 3. The Morgan fingerprint density at radius 1 is 1.08 bits per heavy atom. The number of benzene rings is 2. The molecule has 0 aliphatic heterocycles. The fourth-order valence-corrected chi connectivity index (χ4v) is 3.31. The first-order chi connectivity index (χ1) is 12.0. The highest BCUT2D eigenvalue weighted by molar-refractivity contribution is 5.79. The van der Waals surface area contributed by atoms with Crippen molar-refractivity contribution in [2.24, 2.45) is 11.7 Å². The highest BCUT2D eigenvalue weighted by Gasteiger charge is 2.29. The summed E-state index contributed by atoms with van der Waals surface area (Å²) in [6.07, 6.45) is -0.0104. The van der Waals surface area contributed by atoms with Crippen LogP contribution in [0.3, 0.4) is 0 Å². The van der Waals surface area contributed by atoms with Crippen LogP contribution >= 0.6 is 0 Å². The number of hydrogen-bond donors (Lipinski definition) is 2. The second-order valence-corrected chi connectivity index (χ2v) is 6.46. The van der Waals surface area contributed by atoms with Crippen LogP contribution in [0.15, 0.2) is 48.5 Å². The zero-order valence-electron chi connectivity index (χ0n) is 14.0. The van der Waals surface area contributed by atoms with Gasteiger partial charge in [0.15, 0.2) is 0 Å². The molecule has 1 unspecified atom stereocenters. The van der Waals surface area contributed by atoms with E-state index in [1.165, 1.54) is 11.1 Å². The van der Waals surface area contributed by atoms with Crippen molar-refractivity contribution in [3.63, 3.8) is 0 Å². The maximum atomic E-state index is 12.1. The number of carboxylic acids is 1. The van der Waals surface area contributed by atoms with Crippen molar-refractivity contribution in [2.45, 2.75) is 25.3 Å². The van der Waals surface area contributed by atoms with Gasteiger partial charge in [0.2, 0.25) is 0 Å². The lowest BCUT2D eigenvalue weighted by Crippen LogP contribution is -2.37. The van der Waals surface area contributed by atoms with Gasteiger partial charge >= 0.3 is 11.9 Å². The van der Waals surface area contributed by atoms with E-state index in [2.05, 4.69) is 24.3 Å². The number of rotatable bonds is 6. The monoisotopic (exact) mass is 339 g/mol. The minimum Gasteiger partial charge on any atom is -0.480 e. The van der Waals surface area contributed by atoms with E-state index < -0.39 is 23.9 Å². The molecule has 0 aromatic heterocycles. The van der Waals surface area contributed by atoms with Gasteiger partial charge in [0.05, 0.1) is 6.42 Å². The summed E-state index contributed by atoms with van der Waals surface area (Å²) in [7, 11) is 0. The lowest BCUT2D eigenvalue weighted by Gasteiger charge is -2.17. The number of esters is 1. The Morgan fingerprint density at radius 3 is 2.12 bits per heavy atom. The summed E-state index contributed by atoms with van der Waals surface area (Å²) >= 11 is 0. The minimum atomic E-state index is -1.11. The van der Waals surface area contributed by atoms with E-state index in [1.807, 2.05) is 24.3 Å². The van der Waals surface area contributed by atoms with Gasteiger partial charge in [0.25, 0.3) is 0 Å². The number of carbonyl (C=O) groups excluding carboxylic acids is 1. The summed E-state index contributed by atoms with van der Waals surface area (Å²) in [4.78, 5) is 23.0. The number of aliphatic carboxylic acids is 1. The van der Waals surface area contributed by atoms with Gasteiger partial charge in [-0.2, -0.15) is 0 Å². The second kappa shape index (κ2) is 7.07. The zero-order chi connectivity index (χ0) is 18.0. The Balaban J connectivity index is 1.69. The average Bonchev–Trinajstić information content (AvgIpc) is 2.93. The van der Waals surface area contributed by atoms with Gasteiger partial charge in [0.1, 0.15) is 12.6 Å². The van der Waals surface area contributed by atoms with Gasteiger partial charge in [-0.1, -0.05) is 55.5 Å². The third-order valence-electron chi connectivity index (χ3n) is 4.76. The van der Waals surface area contributed by atoms with Crippen LogP contribution in [0.1, 0.15) is 30.4 Å². The van der Waals surface area contributed by atoms with Crippen molar-refractivity contribution >= 4 is 11.9 Å². The third-order valence-corrected chi connectivity index (χ3v) is 4.76. The Hall–Kier alpha value is -2.66. The van der Waals surface area contributed by atoms with Crippen molar-refractivity contribution in [3.05, 3.63) is 59.7 Å². The number of nitrogens with two attached hydrogens (primary N) is 1. The number of carboxylic acid groups (broad SMARTS) is 1. The number of ether oxygens (including phenoxy) is 1. The molecule has 5 nitrogen and oxygen atoms in total. The predicted molar refractivity (Wildman–Crippen MR) is 94.1 cm³/mol. The maximum absolute atomic E-state index is 12.1. The number of carbonyl (C=O) groups is 2. The molecule has 0 saturated heterocycles. The topological polar surface area (TPSA) is 89.6 Å². The first-order valence-electron chi connectivity index (χ1n) is 8.31. The van der Waals surface area contributed by atoms with Crippen molar-refractivity contribution in [1.82, 2.24) is 0 Å². The van der Waals surface area contributed by atoms with E-state index >= 15 is 0 Å². The smallest absolute Gasteiger partial charge is 0.320 e. The van der Waals surface area contributed by atoms with Crippen molar-refractivity contribution in [1.29, 1.82) is 0 Å². The largest absolute Gasteiger partial charge is 0.480 e. The molecule has 0 spiro atoms. The summed E-state index contributed by atoms with van der Waals surface area (Å²) in [5.41, 5.74) is 10.2. The van der Waals surface area contributed by atoms with Crippen LogP contribution < -0.4 is 5.73 Å². The van der Waals surface area contributed by atoms with Crippen LogP contribution in [0, 0.1) is 5.92 Å². The quantitative estimate of drug-likeness (QED) is 0.790. The normalized spacial score (nSPS) is 15.1. The van der Waals surface area contributed by atoms with Crippen LogP contribution in [0.2, 0.25) is 0 Å². The lowest BCUT2D eigenvalue weighted by atomic mass is 9.97. The van der Waals surface area contributed by atoms with E-state index in [-0.39, 0.29) is 18.9 Å². The van der Waals surface area contributed by atoms with E-state index in [1.54, 1.807) is 6.92 Å². The molecular weight excluding hydrogens is 318 g/mol. The maximum Gasteiger partial charge on any atom is 0.320 e. The molecule has 0 radical (unpaired) electrons. The van der Waals surface area contributed by atoms with Gasteiger partial charge < -0.3 is 15.6 Å². The van der Waals surface area contributed by atoms with Gasteiger partial charge in [-0.3, -0.25) is 9.59 Å². The molecule has 0 fully saturated rings. The Labute approximate surface area is 146 Å². The second-order valence-electron chi connectivity index (χ2n) is 6.46. The van der Waals surface area contributed by atoms with E-state index in [0.717, 1.165) is 11.1 Å². The van der Waals surface area contributed by atoms with Gasteiger partial charge in [-0.25, -0.2) is 0 Å². The van der Waals surface area contributed by atoms with E-state index in [9.17, 15) is 9.59 Å². The van der Waals surface area contributed by atoms with Crippen molar-refractivity contribution < 1.29 is 19.4 Å². The predicted octanol–water partition coefficient (Wildman–Crippen LogP) is 2.78. The van der Waals surface area contributed by atoms with Crippen LogP contribution in [-0.2, 0) is 14.3 Å². The standard InChI is InChI=1S/C20H21NO4/c1-12(19(21)20(23)24)10-18(22)25-11-17-15-8-4-2-6-13(15)14-7-3-5-9-16(14)17/h2-9,12,17,19H,10-11,21H2,1H3,(H,23,24)/t12?,19-/m0/s1. The van der Waals surface area contributed by atoms with E-state index in [0.29, 0.717) is 0 Å². The van der Waals surface area contributed by atoms with Crippen molar-refractivity contribution in [2.75, 3.05) is 6.61 Å². The molecule has 2 aromatic carbocycles. The van der Waals surface area contributed by atoms with Crippen LogP contribution in [-0.4, -0.2) is 29.7 Å². The Kier molecular flexibility index (Phi) is 4.86. The fraction of sp³-hybridized carbons (Fsp3) is 0.300. The molecule has 25 heavy (non-hydrogen) atoms. The molecule has 0 amide bonds. The molecule has 5 heteroatoms. The molecule has 3 rings (SSSR count). The van der Waals surface area contributed by atoms with Gasteiger partial charge in [-0.05, 0) is 28.2 Å². The van der Waals surface area contributed by atoms with Gasteiger partial charge in [0, 0.05) is 5.92 Å². The molecular formula is C20H21NO4. The summed E-state index contributed by atoms with van der Waals surface area (Å²) < 4.78 is 5.45. The zero-order valence-corrected chi connectivity index (χ0v) is 14.0. The van der Waals surface area contributed by atoms with E-state index in [4.69, 9.17) is 15.6 Å². The molecule has 1 aliphatic rings. The molecule has 130 valence electrons. The number of hydrogen-bond acceptors (Lipinski definition) is 4. The molecule has 0 saturated carbocycles. The molecule has 1 aliphatic carbocycles. The average molecular weight is 339 g/mol. The van der Waals surface area contributed by atoms with Crippen LogP contribution in [0.4, 0.5) is 0 Å². The third kappa shape index (κ3) is 3.42. The summed E-state index contributed by atoms with van der Waals surface area (Å²) in [6.45, 7) is 1.88. The lowest BCUT2D eigenvalue weighted by molar-refractivity contribution is -0.146. The summed E-state index contributed by atoms with van der Waals surface area (Å²) in [5, 5.41) is 8.91. The van der Waals surface area contributed by atoms with Crippen molar-refractivity contribution in [3.8, 4) is 11.1 Å². The Bertz CT molecular complexity index is 756. The molecule has 3 N–H and O–H groups in total. The molecule has 0 heterocycles. The molecule has 0 bridgehead atoms. The SMILES string of the molecule is CC(CC(=O)OCC1c2ccccc2-c2ccccc21)[C@H](N)C(=O)O. The van der Waals surface area contributed by atoms with Crippen LogP contribution in [0.25, 0.3) is 11.1 Å². The first-order valence-corrected chi connectivity index (χ1v) is 8.31. The van der Waals surface area contributed by atoms with Crippen LogP contribution in [0.5, 0.6) is 0 Å². The fourth-order valence-electron chi connectivity index (χ4n) is 3.31. The minimum absolute atomic E-state index is 0.000182. The highest BCUT2D eigenvalue weighted by atomic mass is 16.5. The molecule has 2 atom stereocenters. The van der Waals surface area contributed by atoms with Gasteiger partial charge in [-0.15, -0.1) is 0 Å². The Morgan fingerprint density at radius 2 is 1.60 bits per heavy atom. The summed E-state index contributed by atoms with van der Waals surface area (Å²) in [6, 6.07) is 15.1. The first kappa shape index (κ1) is 17.2. The molecule has 2 aromatic rings. The highest BCUT2D eigenvalue weighted by Crippen LogP contribution is 2.44.